The molecule has 0 saturated heterocycles. The van der Waals surface area contributed by atoms with E-state index in [0.717, 1.165) is 82.7 Å². The smallest absolute Gasteiger partial charge is 0.238 e. The van der Waals surface area contributed by atoms with E-state index in [2.05, 4.69) is 174 Å². The van der Waals surface area contributed by atoms with Crippen molar-refractivity contribution in [3.05, 3.63) is 206 Å². The number of hydrogen-bond donors (Lipinski definition) is 0. The molecular weight excluding hydrogens is 733 g/mol. The molecule has 12 rings (SSSR count). The lowest BCUT2D eigenvalue weighted by Crippen LogP contribution is -2.06. The Kier molecular flexibility index (Phi) is 7.78. The van der Waals surface area contributed by atoms with Gasteiger partial charge in [-0.2, -0.15) is 9.97 Å². The van der Waals surface area contributed by atoms with E-state index in [1.165, 1.54) is 16.3 Å². The molecule has 0 saturated carbocycles. The highest BCUT2D eigenvalue weighted by molar-refractivity contribution is 6.11. The molecule has 0 bridgehead atoms. The molecule has 0 atom stereocenters. The summed E-state index contributed by atoms with van der Waals surface area (Å²) < 4.78 is 8.66. The van der Waals surface area contributed by atoms with Crippen LogP contribution in [0.1, 0.15) is 0 Å². The maximum absolute atomic E-state index is 6.48. The van der Waals surface area contributed by atoms with E-state index in [9.17, 15) is 0 Å². The Hall–Kier alpha value is -8.15. The topological polar surface area (TPSA) is 56.7 Å². The average molecular weight is 767 g/mol. The van der Waals surface area contributed by atoms with Crippen molar-refractivity contribution in [1.82, 2.24) is 19.5 Å². The summed E-state index contributed by atoms with van der Waals surface area (Å²) in [4.78, 5) is 15.4. The van der Waals surface area contributed by atoms with Gasteiger partial charge in [0.15, 0.2) is 11.6 Å². The summed E-state index contributed by atoms with van der Waals surface area (Å²) in [5, 5.41) is 6.89. The fourth-order valence-electron chi connectivity index (χ4n) is 8.62. The Balaban J connectivity index is 0.988. The van der Waals surface area contributed by atoms with Crippen molar-refractivity contribution >= 4 is 54.5 Å². The molecule has 0 aliphatic carbocycles. The molecule has 9 aromatic carbocycles. The Morgan fingerprint density at radius 2 is 0.833 bits per heavy atom. The zero-order valence-corrected chi connectivity index (χ0v) is 32.3. The third kappa shape index (κ3) is 5.75. The van der Waals surface area contributed by atoms with E-state index < -0.39 is 0 Å². The molecule has 0 spiro atoms. The Morgan fingerprint density at radius 3 is 1.63 bits per heavy atom. The lowest BCUT2D eigenvalue weighted by Gasteiger charge is -2.12. The Labute approximate surface area is 345 Å². The van der Waals surface area contributed by atoms with E-state index in [0.29, 0.717) is 17.6 Å². The van der Waals surface area contributed by atoms with Crippen molar-refractivity contribution < 1.29 is 4.42 Å². The van der Waals surface area contributed by atoms with Gasteiger partial charge in [0.1, 0.15) is 11.2 Å². The Bertz CT molecular complexity index is 3590. The number of nitrogens with zero attached hydrogens (tertiary/aromatic N) is 4. The van der Waals surface area contributed by atoms with Crippen LogP contribution in [0.3, 0.4) is 0 Å². The third-order valence-corrected chi connectivity index (χ3v) is 11.7. The van der Waals surface area contributed by atoms with Crippen molar-refractivity contribution in [3.8, 4) is 62.1 Å². The van der Waals surface area contributed by atoms with E-state index in [-0.39, 0.29) is 0 Å². The van der Waals surface area contributed by atoms with Gasteiger partial charge in [-0.05, 0) is 86.6 Å². The summed E-state index contributed by atoms with van der Waals surface area (Å²) in [7, 11) is 0. The first-order valence-corrected chi connectivity index (χ1v) is 20.2. The predicted molar refractivity (Wildman–Crippen MR) is 246 cm³/mol. The van der Waals surface area contributed by atoms with E-state index in [4.69, 9.17) is 19.4 Å². The second-order valence-corrected chi connectivity index (χ2v) is 15.3. The summed E-state index contributed by atoms with van der Waals surface area (Å²) in [6.45, 7) is 0. The maximum atomic E-state index is 6.48. The number of aromatic nitrogens is 4. The fraction of sp³-hybridized carbons (Fsp3) is 0. The SMILES string of the molecule is c1ccc(-c2ccc(-c3nc(-c4ccccc4)nc(-n4c5ccccc5c5ccc(-c6ccc7oc8cc(-c9ccc%10ccccc%10c9)ccc8c7c6)cc54)n3)cc2)cc1. The van der Waals surface area contributed by atoms with Crippen LogP contribution in [0.5, 0.6) is 0 Å². The minimum atomic E-state index is 0.563. The molecule has 0 radical (unpaired) electrons. The van der Waals surface area contributed by atoms with Crippen LogP contribution in [-0.4, -0.2) is 19.5 Å². The lowest BCUT2D eigenvalue weighted by molar-refractivity contribution is 0.669. The van der Waals surface area contributed by atoms with Crippen LogP contribution in [0.2, 0.25) is 0 Å². The second-order valence-electron chi connectivity index (χ2n) is 15.3. The van der Waals surface area contributed by atoms with Gasteiger partial charge in [0, 0.05) is 32.7 Å². The first-order chi connectivity index (χ1) is 29.7. The summed E-state index contributed by atoms with van der Waals surface area (Å²) in [6, 6.07) is 72.3. The molecule has 0 amide bonds. The zero-order valence-electron chi connectivity index (χ0n) is 32.3. The quantitative estimate of drug-likeness (QED) is 0.169. The van der Waals surface area contributed by atoms with Gasteiger partial charge in [-0.3, -0.25) is 4.57 Å². The summed E-state index contributed by atoms with van der Waals surface area (Å²) >= 11 is 0. The van der Waals surface area contributed by atoms with Gasteiger partial charge >= 0.3 is 0 Å². The molecule has 5 nitrogen and oxygen atoms in total. The van der Waals surface area contributed by atoms with Crippen LogP contribution < -0.4 is 0 Å². The zero-order chi connectivity index (χ0) is 39.6. The number of hydrogen-bond acceptors (Lipinski definition) is 4. The molecule has 0 aliphatic rings. The largest absolute Gasteiger partial charge is 0.456 e. The number of fused-ring (bicyclic) bond motifs is 7. The van der Waals surface area contributed by atoms with Crippen molar-refractivity contribution in [1.29, 1.82) is 0 Å². The molecule has 12 aromatic rings. The molecule has 0 N–H and O–H groups in total. The minimum absolute atomic E-state index is 0.563. The van der Waals surface area contributed by atoms with E-state index >= 15 is 0 Å². The highest BCUT2D eigenvalue weighted by atomic mass is 16.3. The van der Waals surface area contributed by atoms with Gasteiger partial charge in [0.25, 0.3) is 0 Å². The van der Waals surface area contributed by atoms with Crippen molar-refractivity contribution in [2.45, 2.75) is 0 Å². The standard InChI is InChI=1S/C55H34N4O/c1-3-11-35(12-4-1)37-19-22-39(23-20-37)54-56-53(38-14-5-2-6-15-38)57-55(58-54)59-49-18-10-9-17-45(49)46-28-25-43(33-50(46)59)42-27-30-51-48(32-42)47-29-26-44(34-52(47)60-51)41-24-21-36-13-7-8-16-40(36)31-41/h1-34H. The van der Waals surface area contributed by atoms with Gasteiger partial charge in [0.2, 0.25) is 5.95 Å². The number of rotatable bonds is 6. The number of furan rings is 1. The van der Waals surface area contributed by atoms with Crippen molar-refractivity contribution in [2.75, 3.05) is 0 Å². The normalized spacial score (nSPS) is 11.7. The first-order valence-electron chi connectivity index (χ1n) is 20.2. The molecule has 3 heterocycles. The maximum Gasteiger partial charge on any atom is 0.238 e. The molecule has 60 heavy (non-hydrogen) atoms. The van der Waals surface area contributed by atoms with Crippen LogP contribution in [-0.2, 0) is 0 Å². The average Bonchev–Trinajstić information content (AvgIpc) is 3.86. The monoisotopic (exact) mass is 766 g/mol. The minimum Gasteiger partial charge on any atom is -0.456 e. The van der Waals surface area contributed by atoms with Crippen molar-refractivity contribution in [2.24, 2.45) is 0 Å². The third-order valence-electron chi connectivity index (χ3n) is 11.7. The Morgan fingerprint density at radius 1 is 0.300 bits per heavy atom. The van der Waals surface area contributed by atoms with Crippen LogP contribution in [0, 0.1) is 0 Å². The summed E-state index contributed by atoms with van der Waals surface area (Å²) in [5.74, 6) is 1.79. The van der Waals surface area contributed by atoms with Gasteiger partial charge in [-0.1, -0.05) is 164 Å². The molecule has 5 heteroatoms. The highest BCUT2D eigenvalue weighted by Crippen LogP contribution is 2.38. The fourth-order valence-corrected chi connectivity index (χ4v) is 8.62. The summed E-state index contributed by atoms with van der Waals surface area (Å²) in [5.41, 5.74) is 12.4. The second kappa shape index (κ2) is 13.8. The van der Waals surface area contributed by atoms with Crippen LogP contribution in [0.15, 0.2) is 211 Å². The number of para-hydroxylation sites is 1. The first kappa shape index (κ1) is 33.9. The van der Waals surface area contributed by atoms with E-state index in [1.807, 2.05) is 36.4 Å². The van der Waals surface area contributed by atoms with E-state index in [1.54, 1.807) is 0 Å². The van der Waals surface area contributed by atoms with Crippen LogP contribution in [0.25, 0.3) is 117 Å². The molecule has 0 unspecified atom stereocenters. The van der Waals surface area contributed by atoms with Gasteiger partial charge in [-0.25, -0.2) is 4.98 Å². The van der Waals surface area contributed by atoms with Crippen molar-refractivity contribution in [3.63, 3.8) is 0 Å². The molecule has 0 fully saturated rings. The van der Waals surface area contributed by atoms with Gasteiger partial charge in [0.05, 0.1) is 11.0 Å². The lowest BCUT2D eigenvalue weighted by atomic mass is 9.99. The predicted octanol–water partition coefficient (Wildman–Crippen LogP) is 14.4. The number of benzene rings is 9. The van der Waals surface area contributed by atoms with Gasteiger partial charge < -0.3 is 4.42 Å². The summed E-state index contributed by atoms with van der Waals surface area (Å²) in [6.07, 6.45) is 0. The molecule has 280 valence electrons. The molecular formula is C55H34N4O. The van der Waals surface area contributed by atoms with Gasteiger partial charge in [-0.15, -0.1) is 0 Å². The molecule has 0 aliphatic heterocycles. The van der Waals surface area contributed by atoms with Crippen LogP contribution in [0.4, 0.5) is 0 Å². The molecule has 3 aromatic heterocycles. The highest BCUT2D eigenvalue weighted by Gasteiger charge is 2.19. The van der Waals surface area contributed by atoms with Crippen LogP contribution >= 0.6 is 0 Å².